The zero-order valence-corrected chi connectivity index (χ0v) is 20.3. The molecular formula is C18H35F3IN5O2. The van der Waals surface area contributed by atoms with E-state index in [0.717, 1.165) is 12.8 Å². The molecule has 1 rings (SSSR count). The first-order valence-electron chi connectivity index (χ1n) is 9.67. The molecule has 1 aliphatic rings. The van der Waals surface area contributed by atoms with Crippen molar-refractivity contribution in [2.75, 3.05) is 46.3 Å². The number of guanidine groups is 1. The average Bonchev–Trinajstić information content (AvgIpc) is 2.52. The molecule has 1 atom stereocenters. The minimum absolute atomic E-state index is 0. The van der Waals surface area contributed by atoms with Crippen LogP contribution in [0.25, 0.3) is 0 Å². The molecule has 0 aromatic heterocycles. The van der Waals surface area contributed by atoms with Gasteiger partial charge in [-0.15, -0.1) is 24.0 Å². The van der Waals surface area contributed by atoms with E-state index in [1.54, 1.807) is 4.90 Å². The highest BCUT2D eigenvalue weighted by Gasteiger charge is 2.29. The van der Waals surface area contributed by atoms with E-state index >= 15 is 0 Å². The molecule has 1 unspecified atom stereocenters. The molecule has 7 nitrogen and oxygen atoms in total. The quantitative estimate of drug-likeness (QED) is 0.310. The Bertz CT molecular complexity index is 527. The largest absolute Gasteiger partial charge is 0.444 e. The van der Waals surface area contributed by atoms with Gasteiger partial charge < -0.3 is 20.3 Å². The minimum Gasteiger partial charge on any atom is -0.444 e. The number of hydrogen-bond acceptors (Lipinski definition) is 4. The Balaban J connectivity index is 0.00000784. The van der Waals surface area contributed by atoms with Crippen LogP contribution in [0.5, 0.6) is 0 Å². The third-order valence-corrected chi connectivity index (χ3v) is 3.96. The van der Waals surface area contributed by atoms with Crippen molar-refractivity contribution in [3.05, 3.63) is 0 Å². The summed E-state index contributed by atoms with van der Waals surface area (Å²) in [7, 11) is 1.42. The van der Waals surface area contributed by atoms with Gasteiger partial charge in [-0.3, -0.25) is 9.89 Å². The fourth-order valence-electron chi connectivity index (χ4n) is 2.82. The predicted octanol–water partition coefficient (Wildman–Crippen LogP) is 3.05. The molecule has 0 radical (unpaired) electrons. The van der Waals surface area contributed by atoms with Crippen LogP contribution in [0.1, 0.15) is 40.5 Å². The highest BCUT2D eigenvalue weighted by molar-refractivity contribution is 14.0. The van der Waals surface area contributed by atoms with E-state index in [2.05, 4.69) is 15.6 Å². The number of halogens is 4. The molecule has 172 valence electrons. The molecule has 1 aliphatic heterocycles. The maximum absolute atomic E-state index is 12.4. The molecule has 0 aliphatic carbocycles. The Hall–Kier alpha value is -0.980. The van der Waals surface area contributed by atoms with Crippen LogP contribution >= 0.6 is 24.0 Å². The number of nitrogens with zero attached hydrogens (tertiary/aromatic N) is 3. The van der Waals surface area contributed by atoms with Gasteiger partial charge in [-0.1, -0.05) is 0 Å². The summed E-state index contributed by atoms with van der Waals surface area (Å²) in [6.45, 7) is 8.65. The molecule has 0 aromatic carbocycles. The Kier molecular flexibility index (Phi) is 12.2. The van der Waals surface area contributed by atoms with Crippen molar-refractivity contribution in [2.45, 2.75) is 58.4 Å². The summed E-state index contributed by atoms with van der Waals surface area (Å²) in [5.41, 5.74) is -0.545. The molecule has 0 saturated carbocycles. The van der Waals surface area contributed by atoms with E-state index < -0.39 is 18.3 Å². The molecule has 0 aromatic rings. The maximum Gasteiger partial charge on any atom is 0.410 e. The lowest BCUT2D eigenvalue weighted by Gasteiger charge is -2.35. The van der Waals surface area contributed by atoms with E-state index in [9.17, 15) is 18.0 Å². The van der Waals surface area contributed by atoms with Gasteiger partial charge in [0, 0.05) is 32.2 Å². The van der Waals surface area contributed by atoms with Crippen LogP contribution in [0.2, 0.25) is 0 Å². The van der Waals surface area contributed by atoms with Gasteiger partial charge in [0.25, 0.3) is 0 Å². The molecule has 1 saturated heterocycles. The summed E-state index contributed by atoms with van der Waals surface area (Å²) in [5, 5.41) is 6.37. The average molecular weight is 537 g/mol. The lowest BCUT2D eigenvalue weighted by Crippen LogP contribution is -2.53. The number of rotatable bonds is 6. The zero-order valence-electron chi connectivity index (χ0n) is 17.9. The molecule has 11 heteroatoms. The second kappa shape index (κ2) is 12.7. The summed E-state index contributed by atoms with van der Waals surface area (Å²) in [4.78, 5) is 19.5. The van der Waals surface area contributed by atoms with E-state index in [-0.39, 0.29) is 49.2 Å². The van der Waals surface area contributed by atoms with Crippen molar-refractivity contribution >= 4 is 36.0 Å². The minimum atomic E-state index is -4.21. The number of hydrogen-bond donors (Lipinski definition) is 2. The SMILES string of the molecule is CCNC(=NCCN(C)CC(F)(F)F)NC1CCCN(C(=O)OC(C)(C)C)C1.I. The molecule has 1 heterocycles. The number of likely N-dealkylation sites (tertiary alicyclic amines) is 1. The Morgan fingerprint density at radius 3 is 2.52 bits per heavy atom. The molecule has 0 bridgehead atoms. The monoisotopic (exact) mass is 537 g/mol. The summed E-state index contributed by atoms with van der Waals surface area (Å²) < 4.78 is 42.6. The molecule has 0 spiro atoms. The van der Waals surface area contributed by atoms with Crippen LogP contribution in [0, 0.1) is 0 Å². The fraction of sp³-hybridized carbons (Fsp3) is 0.889. The lowest BCUT2D eigenvalue weighted by atomic mass is 10.1. The first kappa shape index (κ1) is 28.0. The van der Waals surface area contributed by atoms with Crippen molar-refractivity contribution < 1.29 is 22.7 Å². The van der Waals surface area contributed by atoms with Crippen molar-refractivity contribution in [1.29, 1.82) is 0 Å². The second-order valence-corrected chi connectivity index (χ2v) is 8.02. The topological polar surface area (TPSA) is 69.2 Å². The number of carbonyl (C=O) groups excluding carboxylic acids is 1. The van der Waals surface area contributed by atoms with Gasteiger partial charge in [0.15, 0.2) is 5.96 Å². The number of nitrogens with one attached hydrogen (secondary N) is 2. The smallest absolute Gasteiger partial charge is 0.410 e. The number of alkyl halides is 3. The van der Waals surface area contributed by atoms with Gasteiger partial charge in [0.2, 0.25) is 0 Å². The van der Waals surface area contributed by atoms with E-state index in [0.29, 0.717) is 25.6 Å². The Morgan fingerprint density at radius 1 is 1.31 bits per heavy atom. The number of aliphatic imine (C=N–C) groups is 1. The number of amides is 1. The summed E-state index contributed by atoms with van der Waals surface area (Å²) in [6.07, 6.45) is -2.84. The summed E-state index contributed by atoms with van der Waals surface area (Å²) >= 11 is 0. The van der Waals surface area contributed by atoms with Crippen LogP contribution in [-0.4, -0.2) is 86.0 Å². The Labute approximate surface area is 188 Å². The van der Waals surface area contributed by atoms with Gasteiger partial charge >= 0.3 is 12.3 Å². The van der Waals surface area contributed by atoms with Gasteiger partial charge in [-0.05, 0) is 47.6 Å². The van der Waals surface area contributed by atoms with Crippen LogP contribution < -0.4 is 10.6 Å². The highest BCUT2D eigenvalue weighted by Crippen LogP contribution is 2.16. The van der Waals surface area contributed by atoms with Crippen molar-refractivity contribution in [3.8, 4) is 0 Å². The first-order valence-corrected chi connectivity index (χ1v) is 9.67. The standard InChI is InChI=1S/C18H34F3N5O2.HI/c1-6-22-15(23-9-11-25(5)13-18(19,20)21)24-14-8-7-10-26(12-14)16(27)28-17(2,3)4;/h14H,6-13H2,1-5H3,(H2,22,23,24);1H. The van der Waals surface area contributed by atoms with Gasteiger partial charge in [-0.25, -0.2) is 4.79 Å². The van der Waals surface area contributed by atoms with E-state index in [1.165, 1.54) is 11.9 Å². The fourth-order valence-corrected chi connectivity index (χ4v) is 2.82. The molecular weight excluding hydrogens is 502 g/mol. The van der Waals surface area contributed by atoms with Crippen LogP contribution in [0.4, 0.5) is 18.0 Å². The van der Waals surface area contributed by atoms with Crippen molar-refractivity contribution in [3.63, 3.8) is 0 Å². The maximum atomic E-state index is 12.4. The molecule has 1 fully saturated rings. The number of piperidine rings is 1. The summed E-state index contributed by atoms with van der Waals surface area (Å²) in [6, 6.07) is 0.00646. The van der Waals surface area contributed by atoms with E-state index in [1.807, 2.05) is 27.7 Å². The van der Waals surface area contributed by atoms with Crippen LogP contribution in [0.15, 0.2) is 4.99 Å². The number of carbonyl (C=O) groups is 1. The first-order chi connectivity index (χ1) is 12.9. The second-order valence-electron chi connectivity index (χ2n) is 8.02. The van der Waals surface area contributed by atoms with Gasteiger partial charge in [-0.2, -0.15) is 13.2 Å². The molecule has 1 amide bonds. The van der Waals surface area contributed by atoms with Gasteiger partial charge in [0.05, 0.1) is 13.1 Å². The third-order valence-electron chi connectivity index (χ3n) is 3.96. The highest BCUT2D eigenvalue weighted by atomic mass is 127. The predicted molar refractivity (Wildman–Crippen MR) is 119 cm³/mol. The zero-order chi connectivity index (χ0) is 21.4. The van der Waals surface area contributed by atoms with Crippen molar-refractivity contribution in [1.82, 2.24) is 20.4 Å². The Morgan fingerprint density at radius 2 is 1.97 bits per heavy atom. The molecule has 2 N–H and O–H groups in total. The van der Waals surface area contributed by atoms with Gasteiger partial charge in [0.1, 0.15) is 5.60 Å². The lowest BCUT2D eigenvalue weighted by molar-refractivity contribution is -0.142. The number of ether oxygens (including phenoxy) is 1. The van der Waals surface area contributed by atoms with Crippen molar-refractivity contribution in [2.24, 2.45) is 4.99 Å². The van der Waals surface area contributed by atoms with Crippen LogP contribution in [-0.2, 0) is 4.74 Å². The number of likely N-dealkylation sites (N-methyl/N-ethyl adjacent to an activating group) is 1. The molecule has 29 heavy (non-hydrogen) atoms. The van der Waals surface area contributed by atoms with Crippen LogP contribution in [0.3, 0.4) is 0 Å². The third kappa shape index (κ3) is 13.0. The van der Waals surface area contributed by atoms with E-state index in [4.69, 9.17) is 4.74 Å². The normalized spacial score (nSPS) is 18.3. The summed E-state index contributed by atoms with van der Waals surface area (Å²) in [5.74, 6) is 0.541.